The quantitative estimate of drug-likeness (QED) is 0.170. The van der Waals surface area contributed by atoms with Gasteiger partial charge in [-0.15, -0.1) is 0 Å². The van der Waals surface area contributed by atoms with Crippen LogP contribution in [-0.2, 0) is 5.41 Å². The van der Waals surface area contributed by atoms with Crippen LogP contribution in [0.5, 0.6) is 0 Å². The van der Waals surface area contributed by atoms with E-state index in [1.165, 1.54) is 66.8 Å². The van der Waals surface area contributed by atoms with Gasteiger partial charge in [-0.2, -0.15) is 0 Å². The number of anilines is 2. The lowest BCUT2D eigenvalue weighted by Gasteiger charge is -2.26. The lowest BCUT2D eigenvalue weighted by atomic mass is 9.80. The topological polar surface area (TPSA) is 15.3 Å². The molecule has 0 amide bonds. The second-order valence-electron chi connectivity index (χ2n) is 15.1. The minimum atomic E-state index is 0.00412. The van der Waals surface area contributed by atoms with E-state index in [0.717, 1.165) is 23.6 Å². The van der Waals surface area contributed by atoms with Crippen LogP contribution in [0.3, 0.4) is 0 Å². The standard InChI is InChI=1S/C52H46N2/c1-52(2,3)49-35-43(28-29-47(49)40-20-12-7-13-21-40)50-36-42(30-31-53-50)39-24-26-41(27-25-39)48-22-14-15-23-51(48)54(4)46-33-44(37-16-8-5-9-17-37)32-45(34-46)38-18-10-6-11-19-38/h5-30,32-36,53H,31H2,1-4H3. The molecule has 0 saturated carbocycles. The molecular formula is C52H46N2. The van der Waals surface area contributed by atoms with Crippen LogP contribution in [0, 0.1) is 0 Å². The highest BCUT2D eigenvalue weighted by atomic mass is 15.1. The Hall–Kier alpha value is -6.38. The molecule has 1 heterocycles. The third-order valence-electron chi connectivity index (χ3n) is 10.5. The average Bonchev–Trinajstić information content (AvgIpc) is 3.24. The maximum absolute atomic E-state index is 3.65. The molecule has 7 aromatic carbocycles. The highest BCUT2D eigenvalue weighted by Crippen LogP contribution is 2.39. The van der Waals surface area contributed by atoms with Crippen LogP contribution in [0.1, 0.15) is 37.5 Å². The number of rotatable bonds is 8. The zero-order valence-corrected chi connectivity index (χ0v) is 31.6. The molecule has 1 aliphatic heterocycles. The number of benzene rings is 7. The molecule has 0 unspecified atom stereocenters. The van der Waals surface area contributed by atoms with E-state index in [9.17, 15) is 0 Å². The molecule has 0 atom stereocenters. The normalized spacial score (nSPS) is 12.7. The number of dihydropyridines is 1. The van der Waals surface area contributed by atoms with Gasteiger partial charge >= 0.3 is 0 Å². The molecule has 0 aliphatic carbocycles. The van der Waals surface area contributed by atoms with Crippen LogP contribution in [0.15, 0.2) is 188 Å². The summed E-state index contributed by atoms with van der Waals surface area (Å²) in [5.74, 6) is 0. The van der Waals surface area contributed by atoms with Gasteiger partial charge in [-0.25, -0.2) is 0 Å². The molecule has 0 saturated heterocycles. The van der Waals surface area contributed by atoms with Gasteiger partial charge in [0.2, 0.25) is 0 Å². The number of hydrogen-bond acceptors (Lipinski definition) is 2. The summed E-state index contributed by atoms with van der Waals surface area (Å²) in [6.07, 6.45) is 4.58. The monoisotopic (exact) mass is 698 g/mol. The third kappa shape index (κ3) is 7.29. The number of allylic oxidation sites excluding steroid dienone is 2. The molecule has 1 aliphatic rings. The molecule has 264 valence electrons. The summed E-state index contributed by atoms with van der Waals surface area (Å²) in [5, 5.41) is 3.65. The molecule has 2 heteroatoms. The average molecular weight is 699 g/mol. The number of nitrogens with one attached hydrogen (secondary N) is 1. The van der Waals surface area contributed by atoms with Crippen LogP contribution in [-0.4, -0.2) is 13.6 Å². The molecule has 0 bridgehead atoms. The van der Waals surface area contributed by atoms with Crippen molar-refractivity contribution in [1.82, 2.24) is 5.32 Å². The van der Waals surface area contributed by atoms with E-state index >= 15 is 0 Å². The van der Waals surface area contributed by atoms with Gasteiger partial charge in [-0.1, -0.05) is 172 Å². The highest BCUT2D eigenvalue weighted by molar-refractivity contribution is 5.89. The Morgan fingerprint density at radius 2 is 0.981 bits per heavy atom. The Balaban J connectivity index is 1.10. The zero-order valence-electron chi connectivity index (χ0n) is 31.6. The van der Waals surface area contributed by atoms with Gasteiger partial charge in [0, 0.05) is 36.2 Å². The first-order valence-corrected chi connectivity index (χ1v) is 18.9. The van der Waals surface area contributed by atoms with Crippen molar-refractivity contribution in [3.8, 4) is 44.5 Å². The zero-order chi connectivity index (χ0) is 37.1. The molecule has 8 rings (SSSR count). The lowest BCUT2D eigenvalue weighted by molar-refractivity contribution is 0.591. The van der Waals surface area contributed by atoms with Crippen molar-refractivity contribution < 1.29 is 0 Å². The summed E-state index contributed by atoms with van der Waals surface area (Å²) in [6.45, 7) is 7.68. The van der Waals surface area contributed by atoms with Crippen LogP contribution < -0.4 is 10.2 Å². The summed E-state index contributed by atoms with van der Waals surface area (Å²) in [6, 6.07) is 63.6. The van der Waals surface area contributed by atoms with Crippen LogP contribution in [0.2, 0.25) is 0 Å². The van der Waals surface area contributed by atoms with Crippen molar-refractivity contribution in [1.29, 1.82) is 0 Å². The predicted octanol–water partition coefficient (Wildman–Crippen LogP) is 13.4. The summed E-state index contributed by atoms with van der Waals surface area (Å²) in [4.78, 5) is 2.32. The summed E-state index contributed by atoms with van der Waals surface area (Å²) in [5.41, 5.74) is 18.2. The van der Waals surface area contributed by atoms with Gasteiger partial charge in [0.25, 0.3) is 0 Å². The molecule has 0 fully saturated rings. The van der Waals surface area contributed by atoms with Gasteiger partial charge in [0.15, 0.2) is 0 Å². The third-order valence-corrected chi connectivity index (χ3v) is 10.5. The van der Waals surface area contributed by atoms with Gasteiger partial charge in [0.1, 0.15) is 0 Å². The molecule has 2 nitrogen and oxygen atoms in total. The van der Waals surface area contributed by atoms with Gasteiger partial charge in [-0.3, -0.25) is 0 Å². The van der Waals surface area contributed by atoms with E-state index in [1.54, 1.807) is 0 Å². The van der Waals surface area contributed by atoms with Crippen LogP contribution in [0.4, 0.5) is 11.4 Å². The number of para-hydroxylation sites is 1. The maximum Gasteiger partial charge on any atom is 0.0487 e. The minimum absolute atomic E-state index is 0.00412. The van der Waals surface area contributed by atoms with E-state index in [2.05, 4.69) is 226 Å². The fourth-order valence-corrected chi connectivity index (χ4v) is 7.52. The summed E-state index contributed by atoms with van der Waals surface area (Å²) >= 11 is 0. The minimum Gasteiger partial charge on any atom is -0.381 e. The summed E-state index contributed by atoms with van der Waals surface area (Å²) < 4.78 is 0. The molecule has 1 N–H and O–H groups in total. The fraction of sp³-hybridized carbons (Fsp3) is 0.115. The van der Waals surface area contributed by atoms with Crippen LogP contribution in [0.25, 0.3) is 55.8 Å². The van der Waals surface area contributed by atoms with Gasteiger partial charge in [-0.05, 0) is 103 Å². The first kappa shape index (κ1) is 34.7. The van der Waals surface area contributed by atoms with Crippen molar-refractivity contribution in [2.45, 2.75) is 26.2 Å². The Morgan fingerprint density at radius 1 is 0.463 bits per heavy atom. The number of hydrogen-bond donors (Lipinski definition) is 1. The van der Waals surface area contributed by atoms with E-state index < -0.39 is 0 Å². The largest absolute Gasteiger partial charge is 0.381 e. The molecule has 0 aromatic heterocycles. The Morgan fingerprint density at radius 3 is 1.59 bits per heavy atom. The first-order valence-electron chi connectivity index (χ1n) is 18.9. The Kier molecular flexibility index (Phi) is 9.59. The molecule has 7 aromatic rings. The highest BCUT2D eigenvalue weighted by Gasteiger charge is 2.21. The molecule has 0 spiro atoms. The van der Waals surface area contributed by atoms with Crippen molar-refractivity contribution >= 4 is 22.6 Å². The maximum atomic E-state index is 3.65. The smallest absolute Gasteiger partial charge is 0.0487 e. The number of nitrogens with zero attached hydrogens (tertiary/aromatic N) is 1. The van der Waals surface area contributed by atoms with Crippen molar-refractivity contribution in [2.75, 3.05) is 18.5 Å². The van der Waals surface area contributed by atoms with E-state index in [-0.39, 0.29) is 5.41 Å². The van der Waals surface area contributed by atoms with Crippen molar-refractivity contribution in [2.24, 2.45) is 0 Å². The summed E-state index contributed by atoms with van der Waals surface area (Å²) in [7, 11) is 2.18. The van der Waals surface area contributed by atoms with Crippen molar-refractivity contribution in [3.05, 3.63) is 205 Å². The lowest BCUT2D eigenvalue weighted by Crippen LogP contribution is -2.18. The fourth-order valence-electron chi connectivity index (χ4n) is 7.52. The van der Waals surface area contributed by atoms with E-state index in [0.29, 0.717) is 0 Å². The van der Waals surface area contributed by atoms with E-state index in [4.69, 9.17) is 0 Å². The molecule has 0 radical (unpaired) electrons. The van der Waals surface area contributed by atoms with Crippen LogP contribution >= 0.6 is 0 Å². The van der Waals surface area contributed by atoms with Gasteiger partial charge < -0.3 is 10.2 Å². The molecule has 54 heavy (non-hydrogen) atoms. The van der Waals surface area contributed by atoms with Gasteiger partial charge in [0.05, 0.1) is 0 Å². The second kappa shape index (κ2) is 14.9. The first-order chi connectivity index (χ1) is 26.3. The predicted molar refractivity (Wildman–Crippen MR) is 232 cm³/mol. The Bertz CT molecular complexity index is 2390. The molecular weight excluding hydrogens is 653 g/mol. The SMILES string of the molecule is CN(c1cc(-c2ccccc2)cc(-c2ccccc2)c1)c1ccccc1-c1ccc(C2=CCNC(c3ccc(-c4ccccc4)c(C(C)(C)C)c3)=C2)cc1. The van der Waals surface area contributed by atoms with E-state index in [1.807, 2.05) is 0 Å². The van der Waals surface area contributed by atoms with Crippen molar-refractivity contribution in [3.63, 3.8) is 0 Å². The Labute approximate surface area is 320 Å². The second-order valence-corrected chi connectivity index (χ2v) is 15.1.